The monoisotopic (exact) mass is 514 g/mol. The van der Waals surface area contributed by atoms with E-state index in [0.717, 1.165) is 52.9 Å². The molecule has 1 aromatic carbocycles. The van der Waals surface area contributed by atoms with Gasteiger partial charge in [-0.25, -0.2) is 13.8 Å². The average Bonchev–Trinajstić information content (AvgIpc) is 3.37. The van der Waals surface area contributed by atoms with E-state index in [-0.39, 0.29) is 31.5 Å². The molecule has 1 atom stereocenters. The third-order valence-corrected chi connectivity index (χ3v) is 8.80. The van der Waals surface area contributed by atoms with Gasteiger partial charge in [-0.15, -0.1) is 12.4 Å². The summed E-state index contributed by atoms with van der Waals surface area (Å²) in [6.07, 6.45) is 1.89. The molecule has 2 aliphatic heterocycles. The van der Waals surface area contributed by atoms with Crippen LogP contribution in [0.25, 0.3) is 11.3 Å². The van der Waals surface area contributed by atoms with Crippen molar-refractivity contribution in [1.82, 2.24) is 4.98 Å². The van der Waals surface area contributed by atoms with Crippen molar-refractivity contribution in [1.29, 1.82) is 0 Å². The first-order valence-electron chi connectivity index (χ1n) is 11.2. The van der Waals surface area contributed by atoms with Crippen LogP contribution in [0.4, 0.5) is 26.0 Å². The number of ether oxygens (including phenoxy) is 1. The van der Waals surface area contributed by atoms with Gasteiger partial charge in [0.25, 0.3) is 5.92 Å². The van der Waals surface area contributed by atoms with E-state index in [2.05, 4.69) is 4.90 Å². The molecule has 1 saturated heterocycles. The highest BCUT2D eigenvalue weighted by Gasteiger charge is 2.59. The van der Waals surface area contributed by atoms with E-state index >= 15 is 0 Å². The average molecular weight is 515 g/mol. The number of hydrogen-bond acceptors (Lipinski definition) is 5. The number of halogens is 3. The molecule has 1 aliphatic carbocycles. The van der Waals surface area contributed by atoms with Gasteiger partial charge in [-0.2, -0.15) is 8.42 Å². The molecule has 1 unspecified atom stereocenters. The number of anilines is 3. The van der Waals surface area contributed by atoms with Crippen molar-refractivity contribution in [2.75, 3.05) is 47.3 Å². The van der Waals surface area contributed by atoms with Crippen LogP contribution in [-0.2, 0) is 14.9 Å². The molecule has 5 rings (SSSR count). The first-order chi connectivity index (χ1) is 15.6. The maximum Gasteiger partial charge on any atom is 0.326 e. The number of piperidine rings is 1. The summed E-state index contributed by atoms with van der Waals surface area (Å²) in [4.78, 5) is 7.14. The van der Waals surface area contributed by atoms with Gasteiger partial charge in [0.05, 0.1) is 23.2 Å². The van der Waals surface area contributed by atoms with Crippen LogP contribution >= 0.6 is 12.4 Å². The van der Waals surface area contributed by atoms with Crippen LogP contribution in [0.3, 0.4) is 0 Å². The summed E-state index contributed by atoms with van der Waals surface area (Å²) in [5.74, 6) is -2.84. The van der Waals surface area contributed by atoms with E-state index in [4.69, 9.17) is 9.72 Å². The number of rotatable bonds is 5. The van der Waals surface area contributed by atoms with Crippen LogP contribution in [-0.4, -0.2) is 59.2 Å². The standard InChI is InChI=1S/C23H28F2N4O3S.ClH/c1-15-4-7-21(28-10-8-18(32-3)9-11-28)26-22(15)16-5-6-19-20(12-16)27(2)33(30,31)29(19)14-17-13-23(17,24)25;/h4-7,12,17-18H,8-11,13-14H2,1-3H3;1H. The lowest BCUT2D eigenvalue weighted by molar-refractivity contribution is 0.0818. The van der Waals surface area contributed by atoms with Crippen molar-refractivity contribution in [3.05, 3.63) is 35.9 Å². The summed E-state index contributed by atoms with van der Waals surface area (Å²) in [7, 11) is -0.680. The molecule has 0 radical (unpaired) electrons. The highest BCUT2D eigenvalue weighted by Crippen LogP contribution is 2.51. The molecule has 0 N–H and O–H groups in total. The molecule has 11 heteroatoms. The van der Waals surface area contributed by atoms with Crippen LogP contribution in [0.15, 0.2) is 30.3 Å². The van der Waals surface area contributed by atoms with Crippen molar-refractivity contribution in [3.8, 4) is 11.3 Å². The van der Waals surface area contributed by atoms with Crippen molar-refractivity contribution in [2.45, 2.75) is 38.2 Å². The predicted molar refractivity (Wildman–Crippen MR) is 132 cm³/mol. The van der Waals surface area contributed by atoms with Crippen LogP contribution in [0.1, 0.15) is 24.8 Å². The Morgan fingerprint density at radius 1 is 1.15 bits per heavy atom. The van der Waals surface area contributed by atoms with E-state index in [1.807, 2.05) is 25.1 Å². The summed E-state index contributed by atoms with van der Waals surface area (Å²) < 4.78 is 60.5. The van der Waals surface area contributed by atoms with Crippen LogP contribution in [0.2, 0.25) is 0 Å². The van der Waals surface area contributed by atoms with Crippen molar-refractivity contribution < 1.29 is 21.9 Å². The van der Waals surface area contributed by atoms with Gasteiger partial charge in [-0.05, 0) is 43.5 Å². The van der Waals surface area contributed by atoms with Crippen LogP contribution in [0.5, 0.6) is 0 Å². The highest BCUT2D eigenvalue weighted by molar-refractivity contribution is 7.94. The number of pyridine rings is 1. The molecule has 1 aromatic heterocycles. The quantitative estimate of drug-likeness (QED) is 0.597. The topological polar surface area (TPSA) is 66.0 Å². The fourth-order valence-corrected chi connectivity index (χ4v) is 6.16. The third kappa shape index (κ3) is 4.20. The summed E-state index contributed by atoms with van der Waals surface area (Å²) in [6.45, 7) is 3.48. The number of nitrogens with zero attached hydrogens (tertiary/aromatic N) is 4. The minimum absolute atomic E-state index is 0. The Bertz CT molecular complexity index is 1190. The number of benzene rings is 1. The molecule has 2 aromatic rings. The Morgan fingerprint density at radius 2 is 1.82 bits per heavy atom. The van der Waals surface area contributed by atoms with Gasteiger partial charge in [-0.1, -0.05) is 12.1 Å². The minimum atomic E-state index is -3.88. The zero-order chi connectivity index (χ0) is 23.5. The van der Waals surface area contributed by atoms with Gasteiger partial charge in [0.15, 0.2) is 0 Å². The third-order valence-electron chi connectivity index (χ3n) is 7.00. The zero-order valence-corrected chi connectivity index (χ0v) is 21.0. The molecule has 0 bridgehead atoms. The molecular formula is C23H29ClF2N4O3S. The Labute approximate surface area is 205 Å². The van der Waals surface area contributed by atoms with Gasteiger partial charge in [-0.3, -0.25) is 8.61 Å². The van der Waals surface area contributed by atoms with E-state index in [1.54, 1.807) is 19.2 Å². The summed E-state index contributed by atoms with van der Waals surface area (Å²) in [5.41, 5.74) is 3.45. The van der Waals surface area contributed by atoms with Crippen LogP contribution < -0.4 is 13.5 Å². The smallest absolute Gasteiger partial charge is 0.326 e. The molecule has 3 aliphatic rings. The lowest BCUT2D eigenvalue weighted by Gasteiger charge is -2.32. The molecule has 186 valence electrons. The summed E-state index contributed by atoms with van der Waals surface area (Å²) in [6, 6.07) is 9.34. The molecule has 0 spiro atoms. The molecule has 3 heterocycles. The van der Waals surface area contributed by atoms with E-state index in [9.17, 15) is 17.2 Å². The molecule has 1 saturated carbocycles. The lowest BCUT2D eigenvalue weighted by atomic mass is 10.0. The first-order valence-corrected chi connectivity index (χ1v) is 12.6. The fourth-order valence-electron chi connectivity index (χ4n) is 4.70. The van der Waals surface area contributed by atoms with Crippen molar-refractivity contribution >= 4 is 39.8 Å². The van der Waals surface area contributed by atoms with Gasteiger partial charge < -0.3 is 9.64 Å². The predicted octanol–water partition coefficient (Wildman–Crippen LogP) is 4.25. The summed E-state index contributed by atoms with van der Waals surface area (Å²) in [5, 5.41) is 0. The van der Waals surface area contributed by atoms with Crippen LogP contribution in [0, 0.1) is 12.8 Å². The van der Waals surface area contributed by atoms with Gasteiger partial charge in [0, 0.05) is 51.7 Å². The maximum atomic E-state index is 13.5. The number of methoxy groups -OCH3 is 1. The molecule has 7 nitrogen and oxygen atoms in total. The number of aromatic nitrogens is 1. The normalized spacial score (nSPS) is 23.0. The Hall–Kier alpha value is -2.17. The van der Waals surface area contributed by atoms with Gasteiger partial charge in [0.1, 0.15) is 5.82 Å². The van der Waals surface area contributed by atoms with Crippen molar-refractivity contribution in [2.24, 2.45) is 5.92 Å². The number of fused-ring (bicyclic) bond motifs is 1. The lowest BCUT2D eigenvalue weighted by Crippen LogP contribution is -2.37. The summed E-state index contributed by atoms with van der Waals surface area (Å²) >= 11 is 0. The van der Waals surface area contributed by atoms with Gasteiger partial charge >= 0.3 is 10.2 Å². The number of aryl methyl sites for hydroxylation is 1. The van der Waals surface area contributed by atoms with E-state index in [0.29, 0.717) is 11.4 Å². The second-order valence-corrected chi connectivity index (χ2v) is 11.0. The second-order valence-electron chi connectivity index (χ2n) is 9.13. The molecule has 0 amide bonds. The number of hydrogen-bond donors (Lipinski definition) is 0. The molecule has 2 fully saturated rings. The number of alkyl halides is 2. The largest absolute Gasteiger partial charge is 0.381 e. The highest BCUT2D eigenvalue weighted by atomic mass is 35.5. The van der Waals surface area contributed by atoms with E-state index < -0.39 is 22.0 Å². The first kappa shape index (κ1) is 24.9. The SMILES string of the molecule is COC1CCN(c2ccc(C)c(-c3ccc4c(c3)N(C)S(=O)(=O)N4CC3CC3(F)F)n2)CC1.Cl. The maximum absolute atomic E-state index is 13.5. The Balaban J connectivity index is 0.00000274. The zero-order valence-electron chi connectivity index (χ0n) is 19.4. The van der Waals surface area contributed by atoms with Crippen molar-refractivity contribution in [3.63, 3.8) is 0 Å². The minimum Gasteiger partial charge on any atom is -0.381 e. The van der Waals surface area contributed by atoms with Gasteiger partial charge in [0.2, 0.25) is 0 Å². The van der Waals surface area contributed by atoms with E-state index in [1.165, 1.54) is 11.4 Å². The molecule has 34 heavy (non-hydrogen) atoms. The Morgan fingerprint density at radius 3 is 2.44 bits per heavy atom. The Kier molecular flexibility index (Phi) is 6.46. The molecular weight excluding hydrogens is 486 g/mol. The second kappa shape index (κ2) is 8.80. The fraction of sp³-hybridized carbons (Fsp3) is 0.522.